The molecule has 0 radical (unpaired) electrons. The summed E-state index contributed by atoms with van der Waals surface area (Å²) in [4.78, 5) is 4.95. The Balaban J connectivity index is 1.86. The largest absolute Gasteiger partial charge is 0.323 e. The highest BCUT2D eigenvalue weighted by Crippen LogP contribution is 2.27. The van der Waals surface area contributed by atoms with Crippen molar-refractivity contribution in [1.82, 2.24) is 9.55 Å². The Morgan fingerprint density at radius 2 is 1.50 bits per heavy atom. The van der Waals surface area contributed by atoms with E-state index in [-0.39, 0.29) is 0 Å². The van der Waals surface area contributed by atoms with Gasteiger partial charge in [0.05, 0.1) is 11.0 Å². The molecule has 0 spiro atoms. The molecule has 0 aliphatic rings. The SMILES string of the molecule is Cc1cc(C)c(C)c(Cn2c(Cc3ccccc3Cl)nc3ccccc32)c1C. The molecular formula is C25H25ClN2. The minimum Gasteiger partial charge on any atom is -0.323 e. The van der Waals surface area contributed by atoms with Gasteiger partial charge in [-0.2, -0.15) is 0 Å². The summed E-state index contributed by atoms with van der Waals surface area (Å²) in [6.07, 6.45) is 0.719. The van der Waals surface area contributed by atoms with Crippen LogP contribution in [0.2, 0.25) is 5.02 Å². The van der Waals surface area contributed by atoms with Gasteiger partial charge in [-0.15, -0.1) is 0 Å². The number of benzene rings is 3. The average Bonchev–Trinajstić information content (AvgIpc) is 3.02. The molecule has 0 aliphatic carbocycles. The van der Waals surface area contributed by atoms with Crippen LogP contribution in [-0.2, 0) is 13.0 Å². The van der Waals surface area contributed by atoms with Crippen molar-refractivity contribution in [3.05, 3.63) is 98.8 Å². The Kier molecular flexibility index (Phi) is 4.99. The summed E-state index contributed by atoms with van der Waals surface area (Å²) in [6, 6.07) is 18.7. The topological polar surface area (TPSA) is 17.8 Å². The molecule has 0 unspecified atom stereocenters. The summed E-state index contributed by atoms with van der Waals surface area (Å²) in [5, 5.41) is 0.792. The maximum atomic E-state index is 6.44. The van der Waals surface area contributed by atoms with Crippen molar-refractivity contribution in [3.8, 4) is 0 Å². The minimum absolute atomic E-state index is 0.719. The third kappa shape index (κ3) is 3.33. The first-order chi connectivity index (χ1) is 13.5. The Morgan fingerprint density at radius 1 is 0.857 bits per heavy atom. The highest BCUT2D eigenvalue weighted by atomic mass is 35.5. The van der Waals surface area contributed by atoms with Gasteiger partial charge in [0.25, 0.3) is 0 Å². The Morgan fingerprint density at radius 3 is 2.21 bits per heavy atom. The van der Waals surface area contributed by atoms with E-state index < -0.39 is 0 Å². The second-order valence-corrected chi connectivity index (χ2v) is 8.02. The monoisotopic (exact) mass is 388 g/mol. The molecular weight excluding hydrogens is 364 g/mol. The molecule has 3 aromatic carbocycles. The van der Waals surface area contributed by atoms with Crippen LogP contribution in [0, 0.1) is 27.7 Å². The normalized spacial score (nSPS) is 11.3. The summed E-state index contributed by atoms with van der Waals surface area (Å²) < 4.78 is 2.35. The quantitative estimate of drug-likeness (QED) is 0.387. The lowest BCUT2D eigenvalue weighted by atomic mass is 9.94. The molecule has 4 aromatic rings. The van der Waals surface area contributed by atoms with Crippen molar-refractivity contribution in [2.45, 2.75) is 40.7 Å². The van der Waals surface area contributed by atoms with E-state index in [0.717, 1.165) is 34.9 Å². The highest BCUT2D eigenvalue weighted by molar-refractivity contribution is 6.31. The first kappa shape index (κ1) is 18.8. The van der Waals surface area contributed by atoms with Crippen molar-refractivity contribution in [1.29, 1.82) is 0 Å². The van der Waals surface area contributed by atoms with Crippen LogP contribution in [-0.4, -0.2) is 9.55 Å². The van der Waals surface area contributed by atoms with Gasteiger partial charge in [-0.3, -0.25) is 0 Å². The molecule has 28 heavy (non-hydrogen) atoms. The average molecular weight is 389 g/mol. The van der Waals surface area contributed by atoms with Crippen molar-refractivity contribution < 1.29 is 0 Å². The maximum absolute atomic E-state index is 6.44. The maximum Gasteiger partial charge on any atom is 0.114 e. The zero-order valence-corrected chi connectivity index (χ0v) is 17.6. The number of aromatic nitrogens is 2. The molecule has 0 bridgehead atoms. The van der Waals surface area contributed by atoms with Gasteiger partial charge in [-0.25, -0.2) is 4.98 Å². The fraction of sp³-hybridized carbons (Fsp3) is 0.240. The van der Waals surface area contributed by atoms with Crippen LogP contribution in [0.25, 0.3) is 11.0 Å². The van der Waals surface area contributed by atoms with E-state index in [4.69, 9.17) is 16.6 Å². The lowest BCUT2D eigenvalue weighted by Gasteiger charge is -2.18. The lowest BCUT2D eigenvalue weighted by molar-refractivity contribution is 0.753. The number of hydrogen-bond donors (Lipinski definition) is 0. The molecule has 1 aromatic heterocycles. The van der Waals surface area contributed by atoms with Crippen molar-refractivity contribution >= 4 is 22.6 Å². The molecule has 0 fully saturated rings. The molecule has 142 valence electrons. The lowest BCUT2D eigenvalue weighted by Crippen LogP contribution is -2.10. The predicted octanol–water partition coefficient (Wildman–Crippen LogP) is 6.56. The molecule has 2 nitrogen and oxygen atoms in total. The van der Waals surface area contributed by atoms with E-state index in [2.05, 4.69) is 62.6 Å². The molecule has 0 amide bonds. The number of para-hydroxylation sites is 2. The smallest absolute Gasteiger partial charge is 0.114 e. The number of fused-ring (bicyclic) bond motifs is 1. The molecule has 0 saturated heterocycles. The zero-order chi connectivity index (χ0) is 19.8. The summed E-state index contributed by atoms with van der Waals surface area (Å²) >= 11 is 6.44. The Hall–Kier alpha value is -2.58. The second kappa shape index (κ2) is 7.44. The van der Waals surface area contributed by atoms with Crippen LogP contribution >= 0.6 is 11.6 Å². The van der Waals surface area contributed by atoms with Gasteiger partial charge >= 0.3 is 0 Å². The van der Waals surface area contributed by atoms with Crippen LogP contribution in [0.5, 0.6) is 0 Å². The number of halogens is 1. The van der Waals surface area contributed by atoms with Gasteiger partial charge < -0.3 is 4.57 Å². The zero-order valence-electron chi connectivity index (χ0n) is 16.9. The minimum atomic E-state index is 0.719. The first-order valence-electron chi connectivity index (χ1n) is 9.69. The third-order valence-electron chi connectivity index (χ3n) is 5.88. The Labute approximate surface area is 171 Å². The van der Waals surface area contributed by atoms with Crippen molar-refractivity contribution in [3.63, 3.8) is 0 Å². The van der Waals surface area contributed by atoms with Crippen LogP contribution in [0.4, 0.5) is 0 Å². The van der Waals surface area contributed by atoms with Gasteiger partial charge in [-0.05, 0) is 79.3 Å². The summed E-state index contributed by atoms with van der Waals surface area (Å²) in [5.41, 5.74) is 10.1. The molecule has 0 aliphatic heterocycles. The van der Waals surface area contributed by atoms with Gasteiger partial charge in [-0.1, -0.05) is 48.0 Å². The molecule has 0 atom stereocenters. The van der Waals surface area contributed by atoms with Gasteiger partial charge in [0, 0.05) is 18.0 Å². The number of hydrogen-bond acceptors (Lipinski definition) is 1. The summed E-state index contributed by atoms with van der Waals surface area (Å²) in [5.74, 6) is 1.05. The van der Waals surface area contributed by atoms with E-state index in [0.29, 0.717) is 0 Å². The fourth-order valence-corrected chi connectivity index (χ4v) is 4.15. The molecule has 3 heteroatoms. The number of rotatable bonds is 4. The van der Waals surface area contributed by atoms with E-state index in [9.17, 15) is 0 Å². The van der Waals surface area contributed by atoms with Crippen molar-refractivity contribution in [2.24, 2.45) is 0 Å². The molecule has 4 rings (SSSR count). The van der Waals surface area contributed by atoms with Gasteiger partial charge in [0.2, 0.25) is 0 Å². The van der Waals surface area contributed by atoms with E-state index in [1.165, 1.54) is 33.3 Å². The predicted molar refractivity (Wildman–Crippen MR) is 118 cm³/mol. The molecule has 0 N–H and O–H groups in total. The number of aryl methyl sites for hydroxylation is 2. The highest BCUT2D eigenvalue weighted by Gasteiger charge is 2.16. The van der Waals surface area contributed by atoms with E-state index in [1.54, 1.807) is 0 Å². The van der Waals surface area contributed by atoms with E-state index >= 15 is 0 Å². The number of nitrogens with zero attached hydrogens (tertiary/aromatic N) is 2. The molecule has 0 saturated carbocycles. The standard InChI is InChI=1S/C25H25ClN2/c1-16-13-17(2)19(4)21(18(16)3)15-28-24-12-8-7-11-23(24)27-25(28)14-20-9-5-6-10-22(20)26/h5-13H,14-15H2,1-4H3. The first-order valence-corrected chi connectivity index (χ1v) is 10.1. The van der Waals surface area contributed by atoms with Crippen LogP contribution < -0.4 is 0 Å². The van der Waals surface area contributed by atoms with Gasteiger partial charge in [0.15, 0.2) is 0 Å². The molecule has 1 heterocycles. The summed E-state index contributed by atoms with van der Waals surface area (Å²) in [7, 11) is 0. The summed E-state index contributed by atoms with van der Waals surface area (Å²) in [6.45, 7) is 9.66. The third-order valence-corrected chi connectivity index (χ3v) is 6.25. The van der Waals surface area contributed by atoms with Crippen LogP contribution in [0.3, 0.4) is 0 Å². The Bertz CT molecular complexity index is 1140. The fourth-order valence-electron chi connectivity index (χ4n) is 3.94. The number of imidazole rings is 1. The van der Waals surface area contributed by atoms with Gasteiger partial charge in [0.1, 0.15) is 5.82 Å². The van der Waals surface area contributed by atoms with E-state index in [1.807, 2.05) is 24.3 Å². The van der Waals surface area contributed by atoms with Crippen LogP contribution in [0.15, 0.2) is 54.6 Å². The van der Waals surface area contributed by atoms with Crippen molar-refractivity contribution in [2.75, 3.05) is 0 Å². The van der Waals surface area contributed by atoms with Crippen LogP contribution in [0.1, 0.15) is 39.2 Å². The second-order valence-electron chi connectivity index (χ2n) is 7.61.